The Morgan fingerprint density at radius 1 is 1.19 bits per heavy atom. The number of anilines is 1. The molecule has 1 aromatic heterocycles. The summed E-state index contributed by atoms with van der Waals surface area (Å²) >= 11 is 0. The molecule has 2 aromatic rings. The van der Waals surface area contributed by atoms with Crippen molar-refractivity contribution in [2.45, 2.75) is 38.3 Å². The van der Waals surface area contributed by atoms with Crippen LogP contribution in [0.4, 0.5) is 5.69 Å². The van der Waals surface area contributed by atoms with Gasteiger partial charge in [0.1, 0.15) is 0 Å². The quantitative estimate of drug-likeness (QED) is 0.932. The third-order valence-electron chi connectivity index (χ3n) is 3.88. The van der Waals surface area contributed by atoms with Gasteiger partial charge in [0.15, 0.2) is 5.82 Å². The van der Waals surface area contributed by atoms with Gasteiger partial charge in [-0.3, -0.25) is 0 Å². The summed E-state index contributed by atoms with van der Waals surface area (Å²) in [6, 6.07) is 10.5. The van der Waals surface area contributed by atoms with Gasteiger partial charge in [-0.2, -0.15) is 0 Å². The maximum Gasteiger partial charge on any atom is 0.159 e. The minimum atomic E-state index is 0.376. The fourth-order valence-electron chi connectivity index (χ4n) is 2.67. The Balaban J connectivity index is 1.65. The van der Waals surface area contributed by atoms with Crippen molar-refractivity contribution in [1.29, 1.82) is 0 Å². The molecule has 0 bridgehead atoms. The van der Waals surface area contributed by atoms with E-state index in [-0.39, 0.29) is 0 Å². The molecule has 1 aromatic carbocycles. The summed E-state index contributed by atoms with van der Waals surface area (Å²) in [6.07, 6.45) is 7.27. The zero-order valence-electron chi connectivity index (χ0n) is 12.3. The third-order valence-corrected chi connectivity index (χ3v) is 3.88. The van der Waals surface area contributed by atoms with Crippen LogP contribution in [0.2, 0.25) is 0 Å². The molecular formula is C17H21N3O. The fraction of sp³-hybridized carbons (Fsp3) is 0.412. The van der Waals surface area contributed by atoms with Gasteiger partial charge in [-0.15, -0.1) is 0 Å². The predicted molar refractivity (Wildman–Crippen MR) is 84.1 cm³/mol. The molecule has 21 heavy (non-hydrogen) atoms. The fourth-order valence-corrected chi connectivity index (χ4v) is 2.67. The van der Waals surface area contributed by atoms with E-state index >= 15 is 0 Å². The van der Waals surface area contributed by atoms with Gasteiger partial charge < -0.3 is 10.1 Å². The Bertz CT molecular complexity index is 556. The highest BCUT2D eigenvalue weighted by Crippen LogP contribution is 2.21. The number of nitrogens with one attached hydrogen (secondary N) is 1. The van der Waals surface area contributed by atoms with E-state index in [0.29, 0.717) is 12.1 Å². The van der Waals surface area contributed by atoms with Gasteiger partial charge in [0, 0.05) is 18.2 Å². The first kappa shape index (κ1) is 14.0. The van der Waals surface area contributed by atoms with Crippen LogP contribution in [0.3, 0.4) is 0 Å². The molecule has 3 rings (SSSR count). The first-order valence-electron chi connectivity index (χ1n) is 7.60. The Kier molecular flexibility index (Phi) is 4.46. The van der Waals surface area contributed by atoms with Crippen molar-refractivity contribution in [3.05, 3.63) is 42.7 Å². The van der Waals surface area contributed by atoms with Crippen LogP contribution < -0.4 is 5.32 Å². The highest BCUT2D eigenvalue weighted by molar-refractivity contribution is 5.55. The Labute approximate surface area is 125 Å². The smallest absolute Gasteiger partial charge is 0.159 e. The maximum absolute atomic E-state index is 5.70. The monoisotopic (exact) mass is 283 g/mol. The number of aromatic nitrogens is 2. The molecule has 0 spiro atoms. The molecule has 1 fully saturated rings. The lowest BCUT2D eigenvalue weighted by Gasteiger charge is -2.30. The predicted octanol–water partition coefficient (Wildman–Crippen LogP) is 3.51. The van der Waals surface area contributed by atoms with Crippen molar-refractivity contribution in [3.8, 4) is 11.4 Å². The van der Waals surface area contributed by atoms with Crippen LogP contribution in [-0.2, 0) is 4.74 Å². The zero-order valence-corrected chi connectivity index (χ0v) is 12.3. The van der Waals surface area contributed by atoms with Crippen molar-refractivity contribution in [1.82, 2.24) is 9.97 Å². The van der Waals surface area contributed by atoms with Crippen molar-refractivity contribution < 1.29 is 4.74 Å². The van der Waals surface area contributed by atoms with Gasteiger partial charge >= 0.3 is 0 Å². The lowest BCUT2D eigenvalue weighted by molar-refractivity contribution is 0.00925. The normalized spacial score (nSPS) is 22.0. The highest BCUT2D eigenvalue weighted by atomic mass is 16.5. The molecule has 1 N–H and O–H groups in total. The van der Waals surface area contributed by atoms with Crippen LogP contribution >= 0.6 is 0 Å². The molecule has 4 heteroatoms. The van der Waals surface area contributed by atoms with Crippen LogP contribution in [0.15, 0.2) is 42.7 Å². The number of rotatable bonds is 4. The lowest BCUT2D eigenvalue weighted by atomic mass is 10.0. The van der Waals surface area contributed by atoms with E-state index in [0.717, 1.165) is 42.9 Å². The topological polar surface area (TPSA) is 47.0 Å². The standard InChI is InChI=1S/C17H21N3O/c1-2-16-10-14(8-9-21-16)20-15-11-18-17(19-12-15)13-6-4-3-5-7-13/h3-7,11-12,14,16,20H,2,8-10H2,1H3. The van der Waals surface area contributed by atoms with Crippen LogP contribution in [0.5, 0.6) is 0 Å². The van der Waals surface area contributed by atoms with Gasteiger partial charge in [-0.1, -0.05) is 37.3 Å². The maximum atomic E-state index is 5.70. The summed E-state index contributed by atoms with van der Waals surface area (Å²) in [6.45, 7) is 3.00. The summed E-state index contributed by atoms with van der Waals surface area (Å²) in [5.41, 5.74) is 2.03. The van der Waals surface area contributed by atoms with Crippen molar-refractivity contribution in [3.63, 3.8) is 0 Å². The summed E-state index contributed by atoms with van der Waals surface area (Å²) in [7, 11) is 0. The van der Waals surface area contributed by atoms with E-state index in [1.807, 2.05) is 42.7 Å². The second-order valence-electron chi connectivity index (χ2n) is 5.43. The molecule has 2 heterocycles. The molecule has 2 unspecified atom stereocenters. The Morgan fingerprint density at radius 2 is 1.95 bits per heavy atom. The van der Waals surface area contributed by atoms with Crippen LogP contribution in [-0.4, -0.2) is 28.7 Å². The first-order chi connectivity index (χ1) is 10.3. The van der Waals surface area contributed by atoms with Crippen molar-refractivity contribution in [2.24, 2.45) is 0 Å². The Morgan fingerprint density at radius 3 is 2.67 bits per heavy atom. The summed E-state index contributed by atoms with van der Waals surface area (Å²) < 4.78 is 5.70. The second-order valence-corrected chi connectivity index (χ2v) is 5.43. The number of ether oxygens (including phenoxy) is 1. The summed E-state index contributed by atoms with van der Waals surface area (Å²) in [5.74, 6) is 0.763. The first-order valence-corrected chi connectivity index (χ1v) is 7.60. The molecule has 1 saturated heterocycles. The van der Waals surface area contributed by atoms with Gasteiger partial charge in [0.2, 0.25) is 0 Å². The molecule has 110 valence electrons. The average Bonchev–Trinajstić information content (AvgIpc) is 2.56. The van der Waals surface area contributed by atoms with Crippen molar-refractivity contribution in [2.75, 3.05) is 11.9 Å². The molecule has 1 aliphatic heterocycles. The third kappa shape index (κ3) is 3.58. The highest BCUT2D eigenvalue weighted by Gasteiger charge is 2.21. The SMILES string of the molecule is CCC1CC(Nc2cnc(-c3ccccc3)nc2)CCO1. The van der Waals surface area contributed by atoms with Gasteiger partial charge in [-0.05, 0) is 19.3 Å². The molecule has 0 aliphatic carbocycles. The molecule has 4 nitrogen and oxygen atoms in total. The van der Waals surface area contributed by atoms with E-state index in [9.17, 15) is 0 Å². The van der Waals surface area contributed by atoms with Crippen LogP contribution in [0.1, 0.15) is 26.2 Å². The Hall–Kier alpha value is -1.94. The summed E-state index contributed by atoms with van der Waals surface area (Å²) in [5, 5.41) is 3.52. The molecule has 0 amide bonds. The van der Waals surface area contributed by atoms with E-state index in [1.165, 1.54) is 0 Å². The number of benzene rings is 1. The molecule has 0 radical (unpaired) electrons. The minimum absolute atomic E-state index is 0.376. The van der Waals surface area contributed by atoms with Gasteiger partial charge in [0.25, 0.3) is 0 Å². The van der Waals surface area contributed by atoms with Gasteiger partial charge in [-0.25, -0.2) is 9.97 Å². The van der Waals surface area contributed by atoms with E-state index in [4.69, 9.17) is 4.74 Å². The lowest BCUT2D eigenvalue weighted by Crippen LogP contribution is -2.33. The molecular weight excluding hydrogens is 262 g/mol. The number of hydrogen-bond donors (Lipinski definition) is 1. The largest absolute Gasteiger partial charge is 0.380 e. The van der Waals surface area contributed by atoms with Gasteiger partial charge in [0.05, 0.1) is 24.2 Å². The van der Waals surface area contributed by atoms with E-state index < -0.39 is 0 Å². The second kappa shape index (κ2) is 6.68. The van der Waals surface area contributed by atoms with Crippen molar-refractivity contribution >= 4 is 5.69 Å². The molecule has 2 atom stereocenters. The van der Waals surface area contributed by atoms with E-state index in [2.05, 4.69) is 22.2 Å². The minimum Gasteiger partial charge on any atom is -0.380 e. The van der Waals surface area contributed by atoms with Crippen LogP contribution in [0.25, 0.3) is 11.4 Å². The van der Waals surface area contributed by atoms with E-state index in [1.54, 1.807) is 0 Å². The average molecular weight is 283 g/mol. The van der Waals surface area contributed by atoms with Crippen LogP contribution in [0, 0.1) is 0 Å². The summed E-state index contributed by atoms with van der Waals surface area (Å²) in [4.78, 5) is 8.90. The molecule has 0 saturated carbocycles. The molecule has 1 aliphatic rings. The zero-order chi connectivity index (χ0) is 14.5. The number of hydrogen-bond acceptors (Lipinski definition) is 4. The number of nitrogens with zero attached hydrogens (tertiary/aromatic N) is 2.